The van der Waals surface area contributed by atoms with Gasteiger partial charge in [0.2, 0.25) is 0 Å². The molecule has 0 amide bonds. The van der Waals surface area contributed by atoms with Crippen molar-refractivity contribution in [2.75, 3.05) is 0 Å². The van der Waals surface area contributed by atoms with Gasteiger partial charge in [-0.3, -0.25) is 0 Å². The molecule has 3 rings (SSSR count). The van der Waals surface area contributed by atoms with Gasteiger partial charge in [0.25, 0.3) is 0 Å². The molecular weight excluding hydrogens is 309 g/mol. The Morgan fingerprint density at radius 1 is 0.957 bits per heavy atom. The van der Waals surface area contributed by atoms with Crippen LogP contribution in [0.4, 0.5) is 8.78 Å². The molecule has 2 aromatic carbocycles. The van der Waals surface area contributed by atoms with Crippen LogP contribution in [0.5, 0.6) is 0 Å². The predicted octanol–water partition coefficient (Wildman–Crippen LogP) is 5.67. The Bertz CT molecular complexity index is 827. The minimum absolute atomic E-state index is 0.00503. The number of rotatable bonds is 4. The van der Waals surface area contributed by atoms with E-state index in [9.17, 15) is 8.78 Å². The van der Waals surface area contributed by atoms with E-state index in [4.69, 9.17) is 7.85 Å². The van der Waals surface area contributed by atoms with E-state index in [0.717, 1.165) is 16.0 Å². The van der Waals surface area contributed by atoms with Crippen LogP contribution < -0.4 is 0 Å². The van der Waals surface area contributed by atoms with Crippen molar-refractivity contribution in [2.24, 2.45) is 0 Å². The molecule has 2 radical (unpaired) electrons. The van der Waals surface area contributed by atoms with Crippen molar-refractivity contribution in [3.8, 4) is 21.6 Å². The summed E-state index contributed by atoms with van der Waals surface area (Å²) in [5.41, 5.74) is 2.24. The number of hydrogen-bond donors (Lipinski definition) is 0. The van der Waals surface area contributed by atoms with Crippen LogP contribution >= 0.6 is 11.3 Å². The maximum Gasteiger partial charge on any atom is 0.135 e. The van der Waals surface area contributed by atoms with Crippen LogP contribution in [0.3, 0.4) is 0 Å². The first kappa shape index (κ1) is 15.7. The Balaban J connectivity index is 2.04. The van der Waals surface area contributed by atoms with Gasteiger partial charge in [0.1, 0.15) is 11.6 Å². The molecule has 0 nitrogen and oxygen atoms in total. The minimum atomic E-state index is -0.569. The highest BCUT2D eigenvalue weighted by molar-refractivity contribution is 7.16. The molecule has 0 fully saturated rings. The zero-order valence-electron chi connectivity index (χ0n) is 12.4. The van der Waals surface area contributed by atoms with Crippen molar-refractivity contribution in [1.82, 2.24) is 0 Å². The number of thiophene rings is 1. The van der Waals surface area contributed by atoms with Gasteiger partial charge < -0.3 is 0 Å². The van der Waals surface area contributed by atoms with Crippen LogP contribution in [-0.4, -0.2) is 7.85 Å². The summed E-state index contributed by atoms with van der Waals surface area (Å²) >= 11 is 1.31. The molecule has 0 saturated heterocycles. The second-order valence-corrected chi connectivity index (χ2v) is 6.24. The Morgan fingerprint density at radius 3 is 2.13 bits per heavy atom. The maximum atomic E-state index is 14.5. The fourth-order valence-electron chi connectivity index (χ4n) is 2.41. The molecule has 23 heavy (non-hydrogen) atoms. The van der Waals surface area contributed by atoms with Crippen molar-refractivity contribution in [3.63, 3.8) is 0 Å². The van der Waals surface area contributed by atoms with Crippen molar-refractivity contribution < 1.29 is 8.78 Å². The molecule has 0 unspecified atom stereocenters. The molecule has 0 bridgehead atoms. The van der Waals surface area contributed by atoms with Crippen LogP contribution in [0.25, 0.3) is 27.6 Å². The van der Waals surface area contributed by atoms with Gasteiger partial charge >= 0.3 is 0 Å². The van der Waals surface area contributed by atoms with Crippen LogP contribution in [0.1, 0.15) is 10.4 Å². The zero-order valence-corrected chi connectivity index (χ0v) is 13.2. The SMILES string of the molecule is [B]Cc1ccc(-c2cc(F)c(-c3ccc(C=C)s3)c(F)c2)cc1. The summed E-state index contributed by atoms with van der Waals surface area (Å²) in [5, 5.41) is 0. The summed E-state index contributed by atoms with van der Waals surface area (Å²) in [5.74, 6) is -1.14. The average Bonchev–Trinajstić information content (AvgIpc) is 3.03. The fraction of sp³-hybridized carbons (Fsp3) is 0.0526. The lowest BCUT2D eigenvalue weighted by atomic mass is 9.94. The van der Waals surface area contributed by atoms with E-state index in [-0.39, 0.29) is 5.56 Å². The lowest BCUT2D eigenvalue weighted by Gasteiger charge is -2.08. The highest BCUT2D eigenvalue weighted by Gasteiger charge is 2.15. The molecule has 0 aliphatic heterocycles. The van der Waals surface area contributed by atoms with E-state index < -0.39 is 11.6 Å². The molecule has 0 aliphatic carbocycles. The van der Waals surface area contributed by atoms with Gasteiger partial charge in [-0.15, -0.1) is 11.3 Å². The topological polar surface area (TPSA) is 0 Å². The summed E-state index contributed by atoms with van der Waals surface area (Å²) in [6.07, 6.45) is 2.10. The summed E-state index contributed by atoms with van der Waals surface area (Å²) in [6, 6.07) is 13.6. The molecule has 0 N–H and O–H groups in total. The average molecular weight is 322 g/mol. The van der Waals surface area contributed by atoms with Crippen molar-refractivity contribution >= 4 is 25.3 Å². The summed E-state index contributed by atoms with van der Waals surface area (Å²) in [6.45, 7) is 3.66. The van der Waals surface area contributed by atoms with Gasteiger partial charge in [0.05, 0.1) is 13.4 Å². The largest absolute Gasteiger partial charge is 0.206 e. The van der Waals surface area contributed by atoms with Crippen LogP contribution in [0.15, 0.2) is 55.1 Å². The summed E-state index contributed by atoms with van der Waals surface area (Å²) in [7, 11) is 5.56. The molecular formula is C19H13BF2S. The lowest BCUT2D eigenvalue weighted by molar-refractivity contribution is 0.591. The standard InChI is InChI=1S/C19H13BF2S/c1-2-15-7-8-18(23-15)19-16(21)9-14(10-17(19)22)13-5-3-12(11-20)4-6-13/h2-10H,1,11H2. The molecule has 1 aromatic heterocycles. The molecule has 0 atom stereocenters. The first-order chi connectivity index (χ1) is 11.1. The third-order valence-electron chi connectivity index (χ3n) is 3.64. The molecule has 1 heterocycles. The highest BCUT2D eigenvalue weighted by Crippen LogP contribution is 2.35. The van der Waals surface area contributed by atoms with Crippen molar-refractivity contribution in [1.29, 1.82) is 0 Å². The third kappa shape index (κ3) is 3.13. The first-order valence-electron chi connectivity index (χ1n) is 7.13. The van der Waals surface area contributed by atoms with E-state index >= 15 is 0 Å². The summed E-state index contributed by atoms with van der Waals surface area (Å²) in [4.78, 5) is 1.43. The maximum absolute atomic E-state index is 14.5. The van der Waals surface area contributed by atoms with E-state index in [2.05, 4.69) is 6.58 Å². The minimum Gasteiger partial charge on any atom is -0.206 e. The number of benzene rings is 2. The molecule has 0 spiro atoms. The quantitative estimate of drug-likeness (QED) is 0.543. The van der Waals surface area contributed by atoms with Crippen LogP contribution in [0.2, 0.25) is 0 Å². The number of halogens is 2. The van der Waals surface area contributed by atoms with E-state index in [1.807, 2.05) is 24.3 Å². The predicted molar refractivity (Wildman–Crippen MR) is 94.7 cm³/mol. The fourth-order valence-corrected chi connectivity index (χ4v) is 3.31. The van der Waals surface area contributed by atoms with E-state index in [1.54, 1.807) is 18.2 Å². The van der Waals surface area contributed by atoms with Crippen molar-refractivity contribution in [3.05, 3.63) is 77.2 Å². The Morgan fingerprint density at radius 2 is 1.61 bits per heavy atom. The Labute approximate surface area is 139 Å². The van der Waals surface area contributed by atoms with Gasteiger partial charge in [0, 0.05) is 9.75 Å². The second kappa shape index (κ2) is 6.51. The molecule has 112 valence electrons. The van der Waals surface area contributed by atoms with Gasteiger partial charge in [-0.1, -0.05) is 48.8 Å². The summed E-state index contributed by atoms with van der Waals surface area (Å²) < 4.78 is 28.9. The Hall–Kier alpha value is -2.20. The second-order valence-electron chi connectivity index (χ2n) is 5.12. The van der Waals surface area contributed by atoms with Crippen LogP contribution in [-0.2, 0) is 6.32 Å². The van der Waals surface area contributed by atoms with E-state index in [1.165, 1.54) is 23.5 Å². The molecule has 3 aromatic rings. The monoisotopic (exact) mass is 322 g/mol. The zero-order chi connectivity index (χ0) is 16.4. The normalized spacial score (nSPS) is 10.7. The smallest absolute Gasteiger partial charge is 0.135 e. The van der Waals surface area contributed by atoms with E-state index in [0.29, 0.717) is 16.8 Å². The van der Waals surface area contributed by atoms with Crippen molar-refractivity contribution in [2.45, 2.75) is 6.32 Å². The molecule has 0 aliphatic rings. The van der Waals surface area contributed by atoms with Gasteiger partial charge in [-0.2, -0.15) is 0 Å². The number of hydrogen-bond acceptors (Lipinski definition) is 1. The van der Waals surface area contributed by atoms with Gasteiger partial charge in [-0.25, -0.2) is 8.78 Å². The third-order valence-corrected chi connectivity index (χ3v) is 4.74. The Kier molecular flexibility index (Phi) is 4.44. The van der Waals surface area contributed by atoms with Gasteiger partial charge in [-0.05, 0) is 35.4 Å². The van der Waals surface area contributed by atoms with Crippen LogP contribution in [0, 0.1) is 11.6 Å². The highest BCUT2D eigenvalue weighted by atomic mass is 32.1. The lowest BCUT2D eigenvalue weighted by Crippen LogP contribution is -1.91. The first-order valence-corrected chi connectivity index (χ1v) is 7.95. The molecule has 0 saturated carbocycles. The molecule has 4 heteroatoms. The van der Waals surface area contributed by atoms with Gasteiger partial charge in [0.15, 0.2) is 0 Å².